The third-order valence-electron chi connectivity index (χ3n) is 8.08. The maximum absolute atomic E-state index is 13.8. The lowest BCUT2D eigenvalue weighted by Gasteiger charge is -2.27. The molecule has 2 amide bonds. The van der Waals surface area contributed by atoms with E-state index >= 15 is 0 Å². The van der Waals surface area contributed by atoms with Crippen LogP contribution < -0.4 is 20.7 Å². The second-order valence-electron chi connectivity index (χ2n) is 12.0. The third kappa shape index (κ3) is 8.20. The Bertz CT molecular complexity index is 1540. The van der Waals surface area contributed by atoms with Crippen molar-refractivity contribution >= 4 is 59.2 Å². The minimum absolute atomic E-state index is 0.0965. The van der Waals surface area contributed by atoms with Gasteiger partial charge in [0.1, 0.15) is 17.9 Å². The van der Waals surface area contributed by atoms with E-state index in [-0.39, 0.29) is 41.3 Å². The van der Waals surface area contributed by atoms with Crippen LogP contribution >= 0.6 is 27.3 Å². The van der Waals surface area contributed by atoms with E-state index in [1.165, 1.54) is 15.6 Å². The van der Waals surface area contributed by atoms with Crippen LogP contribution in [0, 0.1) is 5.92 Å². The minimum Gasteiger partial charge on any atom is -0.489 e. The first-order valence-electron chi connectivity index (χ1n) is 15.4. The lowest BCUT2D eigenvalue weighted by Crippen LogP contribution is -2.52. The molecule has 9 nitrogen and oxygen atoms in total. The van der Waals surface area contributed by atoms with Gasteiger partial charge in [0.2, 0.25) is 15.9 Å². The van der Waals surface area contributed by atoms with Gasteiger partial charge in [0.15, 0.2) is 0 Å². The Kier molecular flexibility index (Phi) is 11.0. The first kappa shape index (κ1) is 32.9. The number of benzene rings is 2. The number of ether oxygens (including phenoxy) is 1. The van der Waals surface area contributed by atoms with Gasteiger partial charge in [0, 0.05) is 23.8 Å². The van der Waals surface area contributed by atoms with Crippen LogP contribution in [0.15, 0.2) is 57.9 Å². The molecule has 0 radical (unpaired) electrons. The summed E-state index contributed by atoms with van der Waals surface area (Å²) in [4.78, 5) is 27.5. The van der Waals surface area contributed by atoms with Gasteiger partial charge in [-0.25, -0.2) is 8.42 Å². The van der Waals surface area contributed by atoms with Crippen molar-refractivity contribution in [2.24, 2.45) is 5.92 Å². The summed E-state index contributed by atoms with van der Waals surface area (Å²) in [6, 6.07) is 13.4. The number of sulfonamides is 1. The molecule has 12 heteroatoms. The van der Waals surface area contributed by atoms with E-state index in [1.807, 2.05) is 44.2 Å². The first-order chi connectivity index (χ1) is 21.1. The van der Waals surface area contributed by atoms with Gasteiger partial charge < -0.3 is 20.7 Å². The Morgan fingerprint density at radius 3 is 2.59 bits per heavy atom. The monoisotopic (exact) mass is 704 g/mol. The molecule has 2 saturated heterocycles. The molecule has 2 aliphatic rings. The van der Waals surface area contributed by atoms with Crippen molar-refractivity contribution in [2.45, 2.75) is 75.5 Å². The number of carbonyl (C=O) groups excluding carboxylic acids is 2. The number of rotatable bonds is 10. The highest BCUT2D eigenvalue weighted by molar-refractivity contribution is 9.10. The summed E-state index contributed by atoms with van der Waals surface area (Å²) < 4.78 is 36.7. The highest BCUT2D eigenvalue weighted by Gasteiger charge is 2.32. The zero-order valence-corrected chi connectivity index (χ0v) is 28.4. The summed E-state index contributed by atoms with van der Waals surface area (Å²) in [7, 11) is -3.82. The summed E-state index contributed by atoms with van der Waals surface area (Å²) in [5, 5.41) is 10.3. The van der Waals surface area contributed by atoms with E-state index in [2.05, 4.69) is 31.9 Å². The topological polar surface area (TPSA) is 117 Å². The van der Waals surface area contributed by atoms with E-state index in [4.69, 9.17) is 4.74 Å². The number of carbonyl (C=O) groups is 2. The molecule has 3 heterocycles. The van der Waals surface area contributed by atoms with E-state index < -0.39 is 16.1 Å². The third-order valence-corrected chi connectivity index (χ3v) is 11.7. The number of thiophene rings is 1. The molecule has 5 rings (SSSR count). The number of hydrogen-bond donors (Lipinski definition) is 3. The molecule has 0 saturated carbocycles. The zero-order chi connectivity index (χ0) is 31.3. The van der Waals surface area contributed by atoms with Gasteiger partial charge >= 0.3 is 0 Å². The summed E-state index contributed by atoms with van der Waals surface area (Å²) >= 11 is 4.91. The van der Waals surface area contributed by atoms with E-state index in [9.17, 15) is 18.0 Å². The van der Waals surface area contributed by atoms with Gasteiger partial charge in [-0.1, -0.05) is 38.5 Å². The maximum atomic E-state index is 13.8. The molecule has 2 aliphatic heterocycles. The molecular formula is C32H41BrN4O5S2. The first-order valence-corrected chi connectivity index (χ1v) is 18.4. The second kappa shape index (κ2) is 14.7. The second-order valence-corrected chi connectivity index (χ2v) is 15.9. The van der Waals surface area contributed by atoms with Crippen LogP contribution in [0.4, 0.5) is 0 Å². The molecular weight excluding hydrogens is 664 g/mol. The number of halogens is 1. The Morgan fingerprint density at radius 2 is 1.86 bits per heavy atom. The smallest absolute Gasteiger partial charge is 0.262 e. The average molecular weight is 706 g/mol. The predicted octanol–water partition coefficient (Wildman–Crippen LogP) is 5.30. The lowest BCUT2D eigenvalue weighted by atomic mass is 10.0. The van der Waals surface area contributed by atoms with Crippen molar-refractivity contribution in [1.82, 2.24) is 20.3 Å². The number of fused-ring (bicyclic) bond motifs is 1. The van der Waals surface area contributed by atoms with Gasteiger partial charge in [-0.05, 0) is 103 Å². The molecule has 238 valence electrons. The van der Waals surface area contributed by atoms with Crippen molar-refractivity contribution in [3.8, 4) is 5.75 Å². The maximum Gasteiger partial charge on any atom is 0.262 e. The van der Waals surface area contributed by atoms with Crippen molar-refractivity contribution in [1.29, 1.82) is 0 Å². The quantitative estimate of drug-likeness (QED) is 0.264. The Morgan fingerprint density at radius 1 is 1.09 bits per heavy atom. The van der Waals surface area contributed by atoms with E-state index in [0.29, 0.717) is 40.9 Å². The molecule has 3 aromatic rings. The minimum atomic E-state index is -3.82. The highest BCUT2D eigenvalue weighted by Crippen LogP contribution is 2.32. The Balaban J connectivity index is 1.25. The Labute approximate surface area is 272 Å². The van der Waals surface area contributed by atoms with Crippen LogP contribution in [0.3, 0.4) is 0 Å². The summed E-state index contributed by atoms with van der Waals surface area (Å²) in [6.45, 7) is 6.35. The summed E-state index contributed by atoms with van der Waals surface area (Å²) in [5.74, 6) is 0.222. The highest BCUT2D eigenvalue weighted by atomic mass is 79.9. The average Bonchev–Trinajstić information content (AvgIpc) is 3.30. The lowest BCUT2D eigenvalue weighted by molar-refractivity contribution is -0.124. The number of piperidine rings is 1. The molecule has 44 heavy (non-hydrogen) atoms. The van der Waals surface area contributed by atoms with Crippen molar-refractivity contribution in [3.05, 3.63) is 57.9 Å². The molecule has 0 bridgehead atoms. The van der Waals surface area contributed by atoms with Gasteiger partial charge in [-0.2, -0.15) is 4.31 Å². The molecule has 2 aromatic carbocycles. The number of nitrogens with zero attached hydrogens (tertiary/aromatic N) is 1. The van der Waals surface area contributed by atoms with Crippen LogP contribution in [0.5, 0.6) is 5.75 Å². The Hall–Kier alpha value is -2.51. The van der Waals surface area contributed by atoms with Crippen molar-refractivity contribution in [2.75, 3.05) is 26.2 Å². The summed E-state index contributed by atoms with van der Waals surface area (Å²) in [6.07, 6.45) is 4.51. The molecule has 0 spiro atoms. The van der Waals surface area contributed by atoms with Crippen LogP contribution in [0.1, 0.15) is 62.0 Å². The van der Waals surface area contributed by atoms with Gasteiger partial charge in [-0.3, -0.25) is 9.59 Å². The van der Waals surface area contributed by atoms with Crippen LogP contribution in [0.25, 0.3) is 10.1 Å². The normalized spacial score (nSPS) is 19.4. The number of nitrogens with one attached hydrogen (secondary N) is 3. The molecule has 2 atom stereocenters. The van der Waals surface area contributed by atoms with Gasteiger partial charge in [0.25, 0.3) is 5.91 Å². The fraction of sp³-hybridized carbons (Fsp3) is 0.500. The molecule has 0 aliphatic carbocycles. The fourth-order valence-electron chi connectivity index (χ4n) is 5.75. The standard InChI is InChI=1S/C32H41BrN4O5S2/c1-21(2)17-27(36-32(39)30-18-22-7-3-4-9-29(22)43-30)31(38)35-23-8-5-6-16-37(20-23)44(40,41)25-10-11-28(26(33)19-25)42-24-12-14-34-15-13-24/h3-4,7,9-11,18-19,21,23-24,27,34H,5-6,8,12-17,20H2,1-2H3,(H,35,38)(H,36,39). The fourth-order valence-corrected chi connectivity index (χ4v) is 8.89. The van der Waals surface area contributed by atoms with E-state index in [1.54, 1.807) is 18.2 Å². The number of amides is 2. The van der Waals surface area contributed by atoms with Crippen molar-refractivity contribution in [3.63, 3.8) is 0 Å². The van der Waals surface area contributed by atoms with Crippen molar-refractivity contribution < 1.29 is 22.7 Å². The predicted molar refractivity (Wildman–Crippen MR) is 178 cm³/mol. The number of hydrogen-bond acceptors (Lipinski definition) is 7. The van der Waals surface area contributed by atoms with E-state index in [0.717, 1.165) is 42.4 Å². The van der Waals surface area contributed by atoms with Gasteiger partial charge in [0.05, 0.1) is 14.2 Å². The largest absolute Gasteiger partial charge is 0.489 e. The van der Waals surface area contributed by atoms with Crippen LogP contribution in [-0.2, 0) is 14.8 Å². The van der Waals surface area contributed by atoms with Crippen LogP contribution in [-0.4, -0.2) is 68.9 Å². The van der Waals surface area contributed by atoms with Gasteiger partial charge in [-0.15, -0.1) is 11.3 Å². The molecule has 2 fully saturated rings. The summed E-state index contributed by atoms with van der Waals surface area (Å²) in [5.41, 5.74) is 0. The molecule has 3 N–H and O–H groups in total. The molecule has 1 aromatic heterocycles. The van der Waals surface area contributed by atoms with Crippen LogP contribution in [0.2, 0.25) is 0 Å². The zero-order valence-electron chi connectivity index (χ0n) is 25.2. The molecule has 2 unspecified atom stereocenters. The SMILES string of the molecule is CC(C)CC(NC(=O)c1cc2ccccc2s1)C(=O)NC1CCCCN(S(=O)(=O)c2ccc(OC3CCNCC3)c(Br)c2)C1.